The predicted octanol–water partition coefficient (Wildman–Crippen LogP) is 5.29. The molecule has 0 radical (unpaired) electrons. The minimum Gasteiger partial charge on any atom is -0.345 e. The van der Waals surface area contributed by atoms with Crippen molar-refractivity contribution in [2.45, 2.75) is 46.2 Å². The quantitative estimate of drug-likeness (QED) is 0.641. The molecule has 3 aromatic rings. The van der Waals surface area contributed by atoms with Gasteiger partial charge in [0.2, 0.25) is 0 Å². The first-order chi connectivity index (χ1) is 12.5. The SMILES string of the molecule is CCCCn1nc(C)c(C(=O)NC(C)c2cccc3ccccc23)c1Cl. The monoisotopic (exact) mass is 369 g/mol. The first-order valence-electron chi connectivity index (χ1n) is 9.04. The van der Waals surface area contributed by atoms with E-state index in [1.807, 2.05) is 38.1 Å². The maximum Gasteiger partial charge on any atom is 0.256 e. The molecule has 1 heterocycles. The summed E-state index contributed by atoms with van der Waals surface area (Å²) >= 11 is 6.42. The summed E-state index contributed by atoms with van der Waals surface area (Å²) in [5.74, 6) is -0.185. The fourth-order valence-electron chi connectivity index (χ4n) is 3.24. The Morgan fingerprint density at radius 2 is 1.96 bits per heavy atom. The third-order valence-electron chi connectivity index (χ3n) is 4.65. The van der Waals surface area contributed by atoms with Crippen LogP contribution in [0.2, 0.25) is 5.15 Å². The number of fused-ring (bicyclic) bond motifs is 1. The van der Waals surface area contributed by atoms with Crippen molar-refractivity contribution in [1.82, 2.24) is 15.1 Å². The Bertz CT molecular complexity index is 927. The second kappa shape index (κ2) is 7.92. The number of benzene rings is 2. The molecule has 4 nitrogen and oxygen atoms in total. The van der Waals surface area contributed by atoms with Crippen LogP contribution < -0.4 is 5.32 Å². The summed E-state index contributed by atoms with van der Waals surface area (Å²) in [5, 5.41) is 10.2. The summed E-state index contributed by atoms with van der Waals surface area (Å²) in [6.45, 7) is 6.66. The predicted molar refractivity (Wildman–Crippen MR) is 107 cm³/mol. The van der Waals surface area contributed by atoms with Gasteiger partial charge in [0.1, 0.15) is 5.15 Å². The lowest BCUT2D eigenvalue weighted by atomic mass is 9.99. The summed E-state index contributed by atoms with van der Waals surface area (Å²) in [6.07, 6.45) is 2.03. The van der Waals surface area contributed by atoms with E-state index in [-0.39, 0.29) is 11.9 Å². The van der Waals surface area contributed by atoms with E-state index in [0.29, 0.717) is 16.4 Å². The van der Waals surface area contributed by atoms with Gasteiger partial charge in [0, 0.05) is 6.54 Å². The van der Waals surface area contributed by atoms with Crippen molar-refractivity contribution in [1.29, 1.82) is 0 Å². The van der Waals surface area contributed by atoms with E-state index >= 15 is 0 Å². The maximum absolute atomic E-state index is 12.8. The van der Waals surface area contributed by atoms with Crippen molar-refractivity contribution in [2.24, 2.45) is 0 Å². The summed E-state index contributed by atoms with van der Waals surface area (Å²) < 4.78 is 1.72. The van der Waals surface area contributed by atoms with E-state index in [9.17, 15) is 4.79 Å². The zero-order chi connectivity index (χ0) is 18.7. The smallest absolute Gasteiger partial charge is 0.256 e. The number of unbranched alkanes of at least 4 members (excludes halogenated alkanes) is 1. The molecule has 0 spiro atoms. The molecule has 0 saturated carbocycles. The number of nitrogens with zero attached hydrogens (tertiary/aromatic N) is 2. The normalized spacial score (nSPS) is 12.3. The molecule has 0 aliphatic heterocycles. The third-order valence-corrected chi connectivity index (χ3v) is 5.04. The van der Waals surface area contributed by atoms with Crippen molar-refractivity contribution < 1.29 is 4.79 Å². The van der Waals surface area contributed by atoms with Crippen LogP contribution in [0, 0.1) is 6.92 Å². The molecule has 2 aromatic carbocycles. The Kier molecular flexibility index (Phi) is 5.62. The molecule has 1 atom stereocenters. The van der Waals surface area contributed by atoms with Crippen LogP contribution in [0.25, 0.3) is 10.8 Å². The standard InChI is InChI=1S/C21H24ClN3O/c1-4-5-13-25-20(22)19(15(3)24-25)21(26)23-14(2)17-12-8-10-16-9-6-7-11-18(16)17/h6-12,14H,4-5,13H2,1-3H3,(H,23,26). The number of hydrogen-bond donors (Lipinski definition) is 1. The zero-order valence-corrected chi connectivity index (χ0v) is 16.2. The van der Waals surface area contributed by atoms with Gasteiger partial charge in [-0.1, -0.05) is 67.4 Å². The highest BCUT2D eigenvalue weighted by atomic mass is 35.5. The van der Waals surface area contributed by atoms with Gasteiger partial charge < -0.3 is 5.32 Å². The van der Waals surface area contributed by atoms with Gasteiger partial charge in [-0.25, -0.2) is 0 Å². The van der Waals surface area contributed by atoms with Crippen molar-refractivity contribution in [3.8, 4) is 0 Å². The van der Waals surface area contributed by atoms with E-state index in [1.165, 1.54) is 0 Å². The molecule has 0 aliphatic rings. The molecule has 0 fully saturated rings. The van der Waals surface area contributed by atoms with Crippen LogP contribution in [-0.2, 0) is 6.54 Å². The third kappa shape index (κ3) is 3.61. The number of aromatic nitrogens is 2. The fraction of sp³-hybridized carbons (Fsp3) is 0.333. The number of amides is 1. The molecule has 5 heteroatoms. The largest absolute Gasteiger partial charge is 0.345 e. The van der Waals surface area contributed by atoms with Crippen LogP contribution >= 0.6 is 11.6 Å². The summed E-state index contributed by atoms with van der Waals surface area (Å²) in [5.41, 5.74) is 2.21. The molecule has 3 rings (SSSR count). The lowest BCUT2D eigenvalue weighted by Gasteiger charge is -2.16. The van der Waals surface area contributed by atoms with Crippen LogP contribution in [0.1, 0.15) is 54.3 Å². The number of carbonyl (C=O) groups excluding carboxylic acids is 1. The molecule has 0 saturated heterocycles. The van der Waals surface area contributed by atoms with Gasteiger partial charge in [0.25, 0.3) is 5.91 Å². The topological polar surface area (TPSA) is 46.9 Å². The highest BCUT2D eigenvalue weighted by molar-refractivity contribution is 6.33. The Balaban J connectivity index is 1.85. The first kappa shape index (κ1) is 18.5. The van der Waals surface area contributed by atoms with Gasteiger partial charge >= 0.3 is 0 Å². The molecule has 1 N–H and O–H groups in total. The average Bonchev–Trinajstić information content (AvgIpc) is 2.92. The first-order valence-corrected chi connectivity index (χ1v) is 9.42. The molecule has 136 valence electrons. The average molecular weight is 370 g/mol. The van der Waals surface area contributed by atoms with Crippen LogP contribution in [0.5, 0.6) is 0 Å². The van der Waals surface area contributed by atoms with Crippen LogP contribution in [0.4, 0.5) is 0 Å². The molecule has 1 amide bonds. The van der Waals surface area contributed by atoms with Crippen molar-refractivity contribution in [3.05, 3.63) is 64.4 Å². The van der Waals surface area contributed by atoms with Crippen LogP contribution in [0.15, 0.2) is 42.5 Å². The number of halogens is 1. The van der Waals surface area contributed by atoms with E-state index in [2.05, 4.69) is 35.5 Å². The van der Waals surface area contributed by atoms with E-state index in [1.54, 1.807) is 4.68 Å². The second-order valence-electron chi connectivity index (χ2n) is 6.59. The molecule has 26 heavy (non-hydrogen) atoms. The zero-order valence-electron chi connectivity index (χ0n) is 15.4. The van der Waals surface area contributed by atoms with Gasteiger partial charge in [-0.3, -0.25) is 9.48 Å². The lowest BCUT2D eigenvalue weighted by Crippen LogP contribution is -2.27. The van der Waals surface area contributed by atoms with Gasteiger partial charge in [-0.15, -0.1) is 0 Å². The van der Waals surface area contributed by atoms with Gasteiger partial charge in [-0.2, -0.15) is 5.10 Å². The molecule has 1 unspecified atom stereocenters. The lowest BCUT2D eigenvalue weighted by molar-refractivity contribution is 0.0939. The molecule has 1 aromatic heterocycles. The number of hydrogen-bond acceptors (Lipinski definition) is 2. The maximum atomic E-state index is 12.8. The molecule has 0 bridgehead atoms. The van der Waals surface area contributed by atoms with E-state index < -0.39 is 0 Å². The van der Waals surface area contributed by atoms with E-state index in [4.69, 9.17) is 11.6 Å². The van der Waals surface area contributed by atoms with Crippen molar-refractivity contribution in [3.63, 3.8) is 0 Å². The molecular formula is C21H24ClN3O. The Morgan fingerprint density at radius 1 is 1.23 bits per heavy atom. The summed E-state index contributed by atoms with van der Waals surface area (Å²) in [6, 6.07) is 14.2. The van der Waals surface area contributed by atoms with Gasteiger partial charge in [0.05, 0.1) is 17.3 Å². The minimum absolute atomic E-state index is 0.136. The fourth-order valence-corrected chi connectivity index (χ4v) is 3.59. The van der Waals surface area contributed by atoms with Crippen molar-refractivity contribution >= 4 is 28.3 Å². The number of aryl methyl sites for hydroxylation is 2. The summed E-state index contributed by atoms with van der Waals surface area (Å²) in [4.78, 5) is 12.8. The van der Waals surface area contributed by atoms with Crippen molar-refractivity contribution in [2.75, 3.05) is 0 Å². The van der Waals surface area contributed by atoms with Crippen LogP contribution in [0.3, 0.4) is 0 Å². The Labute approximate surface area is 159 Å². The van der Waals surface area contributed by atoms with Gasteiger partial charge in [-0.05, 0) is 36.6 Å². The Morgan fingerprint density at radius 3 is 2.73 bits per heavy atom. The van der Waals surface area contributed by atoms with Gasteiger partial charge in [0.15, 0.2) is 0 Å². The highest BCUT2D eigenvalue weighted by Crippen LogP contribution is 2.26. The highest BCUT2D eigenvalue weighted by Gasteiger charge is 2.22. The number of rotatable bonds is 6. The summed E-state index contributed by atoms with van der Waals surface area (Å²) in [7, 11) is 0. The molecule has 0 aliphatic carbocycles. The Hall–Kier alpha value is -2.33. The number of carbonyl (C=O) groups is 1. The molecular weight excluding hydrogens is 346 g/mol. The van der Waals surface area contributed by atoms with E-state index in [0.717, 1.165) is 35.7 Å². The minimum atomic E-state index is -0.185. The van der Waals surface area contributed by atoms with Crippen LogP contribution in [-0.4, -0.2) is 15.7 Å². The second-order valence-corrected chi connectivity index (χ2v) is 6.95. The number of nitrogens with one attached hydrogen (secondary N) is 1.